The van der Waals surface area contributed by atoms with Crippen LogP contribution in [0.25, 0.3) is 0 Å². The van der Waals surface area contributed by atoms with Crippen molar-refractivity contribution in [2.45, 2.75) is 24.1 Å². The molecule has 1 aromatic rings. The molecule has 2 amide bonds. The molecule has 20 heavy (non-hydrogen) atoms. The molecule has 4 N–H and O–H groups in total. The van der Waals surface area contributed by atoms with Gasteiger partial charge in [-0.2, -0.15) is 0 Å². The van der Waals surface area contributed by atoms with E-state index in [9.17, 15) is 18.0 Å². The maximum Gasteiger partial charge on any atom is 0.243 e. The number of hydrogen-bond acceptors (Lipinski definition) is 6. The predicted molar refractivity (Wildman–Crippen MR) is 72.4 cm³/mol. The van der Waals surface area contributed by atoms with Gasteiger partial charge < -0.3 is 11.1 Å². The number of amides is 2. The first-order chi connectivity index (χ1) is 9.38. The summed E-state index contributed by atoms with van der Waals surface area (Å²) in [4.78, 5) is 24.0. The smallest absolute Gasteiger partial charge is 0.243 e. The lowest BCUT2D eigenvalue weighted by molar-refractivity contribution is -0.120. The Hall–Kier alpha value is -1.45. The molecule has 0 aliphatic carbocycles. The maximum absolute atomic E-state index is 11.9. The quantitative estimate of drug-likeness (QED) is 0.667. The lowest BCUT2D eigenvalue weighted by Gasteiger charge is -2.20. The SMILES string of the molecule is NC(=O)C1NCCc2cc(C3CC(=O)NS3(=O)=O)sc21. The summed E-state index contributed by atoms with van der Waals surface area (Å²) in [5.41, 5.74) is 6.27. The first kappa shape index (κ1) is 13.5. The Balaban J connectivity index is 2.02. The lowest BCUT2D eigenvalue weighted by atomic mass is 10.0. The summed E-state index contributed by atoms with van der Waals surface area (Å²) < 4.78 is 25.7. The van der Waals surface area contributed by atoms with Crippen molar-refractivity contribution < 1.29 is 18.0 Å². The van der Waals surface area contributed by atoms with E-state index in [-0.39, 0.29) is 6.42 Å². The Labute approximate surface area is 119 Å². The maximum atomic E-state index is 11.9. The second kappa shape index (κ2) is 4.54. The summed E-state index contributed by atoms with van der Waals surface area (Å²) in [6.07, 6.45) is 0.639. The van der Waals surface area contributed by atoms with Crippen molar-refractivity contribution in [1.29, 1.82) is 0 Å². The molecule has 3 rings (SSSR count). The number of carbonyl (C=O) groups excluding carboxylic acids is 2. The Morgan fingerprint density at radius 2 is 2.20 bits per heavy atom. The molecule has 108 valence electrons. The summed E-state index contributed by atoms with van der Waals surface area (Å²) in [6.45, 7) is 0.616. The standard InChI is InChI=1S/C11H13N3O4S2/c12-11(16)9-10-5(1-2-13-9)3-6(19-10)7-4-8(15)14-20(7,17)18/h3,7,9,13H,1-2,4H2,(H2,12,16)(H,14,15). The van der Waals surface area contributed by atoms with E-state index in [2.05, 4.69) is 5.32 Å². The molecule has 9 heteroatoms. The minimum Gasteiger partial charge on any atom is -0.368 e. The zero-order valence-corrected chi connectivity index (χ0v) is 12.0. The van der Waals surface area contributed by atoms with Crippen molar-refractivity contribution >= 4 is 33.2 Å². The average molecular weight is 315 g/mol. The highest BCUT2D eigenvalue weighted by atomic mass is 32.2. The number of nitrogens with one attached hydrogen (secondary N) is 2. The van der Waals surface area contributed by atoms with Crippen LogP contribution >= 0.6 is 11.3 Å². The van der Waals surface area contributed by atoms with Crippen LogP contribution < -0.4 is 15.8 Å². The van der Waals surface area contributed by atoms with Gasteiger partial charge in [-0.1, -0.05) is 0 Å². The zero-order valence-electron chi connectivity index (χ0n) is 10.4. The number of carbonyl (C=O) groups is 2. The Morgan fingerprint density at radius 1 is 1.45 bits per heavy atom. The Morgan fingerprint density at radius 3 is 2.80 bits per heavy atom. The highest BCUT2D eigenvalue weighted by Crippen LogP contribution is 2.39. The van der Waals surface area contributed by atoms with Crippen LogP contribution in [0, 0.1) is 0 Å². The van der Waals surface area contributed by atoms with Crippen LogP contribution in [0.2, 0.25) is 0 Å². The van der Waals surface area contributed by atoms with Gasteiger partial charge in [0.25, 0.3) is 0 Å². The molecule has 0 aromatic carbocycles. The van der Waals surface area contributed by atoms with Crippen molar-refractivity contribution in [2.24, 2.45) is 5.73 Å². The molecule has 2 aliphatic rings. The number of nitrogens with two attached hydrogens (primary N) is 1. The summed E-state index contributed by atoms with van der Waals surface area (Å²) in [5, 5.41) is 2.15. The summed E-state index contributed by atoms with van der Waals surface area (Å²) in [5.74, 6) is -0.978. The van der Waals surface area contributed by atoms with Crippen molar-refractivity contribution in [1.82, 2.24) is 10.0 Å². The highest BCUT2D eigenvalue weighted by Gasteiger charge is 2.40. The van der Waals surface area contributed by atoms with Crippen LogP contribution in [-0.2, 0) is 26.0 Å². The predicted octanol–water partition coefficient (Wildman–Crippen LogP) is -0.689. The fourth-order valence-electron chi connectivity index (χ4n) is 2.54. The molecule has 0 saturated carbocycles. The molecule has 2 unspecified atom stereocenters. The van der Waals surface area contributed by atoms with Gasteiger partial charge in [0.15, 0.2) is 0 Å². The average Bonchev–Trinajstić information content (AvgIpc) is 2.87. The minimum absolute atomic E-state index is 0.0730. The molecule has 3 heterocycles. The molecule has 2 aliphatic heterocycles. The van der Waals surface area contributed by atoms with E-state index in [0.717, 1.165) is 10.4 Å². The second-order valence-corrected chi connectivity index (χ2v) is 7.82. The Bertz CT molecular complexity index is 695. The van der Waals surface area contributed by atoms with Crippen molar-refractivity contribution in [2.75, 3.05) is 6.54 Å². The van der Waals surface area contributed by atoms with E-state index in [1.807, 2.05) is 4.72 Å². The van der Waals surface area contributed by atoms with E-state index in [1.165, 1.54) is 11.3 Å². The topological polar surface area (TPSA) is 118 Å². The molecule has 1 fully saturated rings. The molecule has 1 aromatic heterocycles. The fraction of sp³-hybridized carbons (Fsp3) is 0.455. The first-order valence-corrected chi connectivity index (χ1v) is 8.44. The lowest BCUT2D eigenvalue weighted by Crippen LogP contribution is -2.37. The summed E-state index contributed by atoms with van der Waals surface area (Å²) in [6, 6.07) is 1.20. The van der Waals surface area contributed by atoms with Gasteiger partial charge in [0, 0.05) is 16.3 Å². The molecule has 2 atom stereocenters. The third-order valence-electron chi connectivity index (χ3n) is 3.47. The van der Waals surface area contributed by atoms with Gasteiger partial charge in [-0.05, 0) is 18.1 Å². The van der Waals surface area contributed by atoms with E-state index < -0.39 is 33.1 Å². The number of primary amides is 1. The van der Waals surface area contributed by atoms with Crippen LogP contribution in [0.1, 0.15) is 33.0 Å². The monoisotopic (exact) mass is 315 g/mol. The van der Waals surface area contributed by atoms with E-state index >= 15 is 0 Å². The third-order valence-corrected chi connectivity index (χ3v) is 6.66. The van der Waals surface area contributed by atoms with E-state index in [0.29, 0.717) is 17.8 Å². The van der Waals surface area contributed by atoms with Gasteiger partial charge in [-0.15, -0.1) is 11.3 Å². The van der Waals surface area contributed by atoms with Gasteiger partial charge in [0.1, 0.15) is 11.3 Å². The van der Waals surface area contributed by atoms with Crippen molar-refractivity contribution in [3.05, 3.63) is 21.4 Å². The van der Waals surface area contributed by atoms with Crippen molar-refractivity contribution in [3.8, 4) is 0 Å². The first-order valence-electron chi connectivity index (χ1n) is 6.08. The molecule has 1 saturated heterocycles. The molecule has 0 radical (unpaired) electrons. The van der Waals surface area contributed by atoms with Gasteiger partial charge >= 0.3 is 0 Å². The number of rotatable bonds is 2. The molecular weight excluding hydrogens is 302 g/mol. The minimum atomic E-state index is -3.65. The number of hydrogen-bond donors (Lipinski definition) is 3. The highest BCUT2D eigenvalue weighted by molar-refractivity contribution is 7.90. The van der Waals surface area contributed by atoms with Crippen LogP contribution in [0.5, 0.6) is 0 Å². The summed E-state index contributed by atoms with van der Waals surface area (Å²) in [7, 11) is -3.65. The van der Waals surface area contributed by atoms with E-state index in [1.54, 1.807) is 6.07 Å². The second-order valence-electron chi connectivity index (χ2n) is 4.84. The van der Waals surface area contributed by atoms with Gasteiger partial charge in [0.2, 0.25) is 21.8 Å². The Kier molecular flexibility index (Phi) is 3.07. The molecule has 0 bridgehead atoms. The zero-order chi connectivity index (χ0) is 14.5. The van der Waals surface area contributed by atoms with Gasteiger partial charge in [-0.3, -0.25) is 14.3 Å². The molecule has 7 nitrogen and oxygen atoms in total. The summed E-state index contributed by atoms with van der Waals surface area (Å²) >= 11 is 1.24. The van der Waals surface area contributed by atoms with Crippen molar-refractivity contribution in [3.63, 3.8) is 0 Å². The van der Waals surface area contributed by atoms with Crippen LogP contribution in [0.15, 0.2) is 6.07 Å². The fourth-order valence-corrected chi connectivity index (χ4v) is 5.63. The number of sulfonamides is 1. The van der Waals surface area contributed by atoms with Crippen LogP contribution in [0.4, 0.5) is 0 Å². The largest absolute Gasteiger partial charge is 0.368 e. The number of thiophene rings is 1. The number of fused-ring (bicyclic) bond motifs is 1. The third kappa shape index (κ3) is 2.11. The van der Waals surface area contributed by atoms with E-state index in [4.69, 9.17) is 5.73 Å². The van der Waals surface area contributed by atoms with Gasteiger partial charge in [0.05, 0.1) is 6.42 Å². The van der Waals surface area contributed by atoms with Crippen LogP contribution in [0.3, 0.4) is 0 Å². The molecule has 0 spiro atoms. The molecular formula is C11H13N3O4S2. The normalized spacial score (nSPS) is 27.9. The van der Waals surface area contributed by atoms with Crippen LogP contribution in [-0.4, -0.2) is 26.8 Å². The van der Waals surface area contributed by atoms with Gasteiger partial charge in [-0.25, -0.2) is 8.42 Å².